The number of hydrogen-bond donors (Lipinski definition) is 2. The van der Waals surface area contributed by atoms with Gasteiger partial charge in [-0.15, -0.1) is 11.6 Å². The molecule has 0 amide bonds. The molecule has 0 aliphatic heterocycles. The van der Waals surface area contributed by atoms with E-state index < -0.39 is 0 Å². The summed E-state index contributed by atoms with van der Waals surface area (Å²) in [5.41, 5.74) is 5.78. The number of nitrogen functional groups attached to an aromatic ring is 1. The van der Waals surface area contributed by atoms with Crippen LogP contribution in [0.2, 0.25) is 0 Å². The Labute approximate surface area is 71.3 Å². The van der Waals surface area contributed by atoms with Crippen molar-refractivity contribution in [3.05, 3.63) is 29.3 Å². The lowest BCUT2D eigenvalue weighted by Gasteiger charge is -2.05. The van der Waals surface area contributed by atoms with Crippen LogP contribution in [0.1, 0.15) is 11.1 Å². The van der Waals surface area contributed by atoms with Crippen LogP contribution in [0.3, 0.4) is 0 Å². The van der Waals surface area contributed by atoms with Gasteiger partial charge < -0.3 is 5.43 Å². The van der Waals surface area contributed by atoms with E-state index in [4.69, 9.17) is 17.4 Å². The maximum atomic E-state index is 5.64. The molecule has 2 nitrogen and oxygen atoms in total. The van der Waals surface area contributed by atoms with Crippen molar-refractivity contribution in [2.24, 2.45) is 5.84 Å². The second-order valence-electron chi connectivity index (χ2n) is 2.43. The molecule has 1 aromatic rings. The molecule has 11 heavy (non-hydrogen) atoms. The molecule has 0 fully saturated rings. The van der Waals surface area contributed by atoms with Crippen molar-refractivity contribution in [2.45, 2.75) is 12.8 Å². The van der Waals surface area contributed by atoms with Crippen molar-refractivity contribution in [1.82, 2.24) is 0 Å². The lowest BCUT2D eigenvalue weighted by Crippen LogP contribution is -2.07. The predicted molar refractivity (Wildman–Crippen MR) is 48.5 cm³/mol. The Morgan fingerprint density at radius 2 is 2.27 bits per heavy atom. The monoisotopic (exact) mass is 170 g/mol. The average Bonchev–Trinajstić information content (AvgIpc) is 2.04. The summed E-state index contributed by atoms with van der Waals surface area (Å²) in [5.74, 6) is 5.81. The summed E-state index contributed by atoms with van der Waals surface area (Å²) in [4.78, 5) is 0. The number of nitrogens with two attached hydrogens (primary N) is 1. The highest BCUT2D eigenvalue weighted by atomic mass is 35.5. The molecule has 0 unspecified atom stereocenters. The molecule has 0 saturated carbocycles. The quantitative estimate of drug-likeness (QED) is 0.405. The molecule has 3 N–H and O–H groups in total. The topological polar surface area (TPSA) is 38.0 Å². The van der Waals surface area contributed by atoms with Gasteiger partial charge in [-0.2, -0.15) is 0 Å². The summed E-state index contributed by atoms with van der Waals surface area (Å²) in [6.45, 7) is 1.99. The number of alkyl halides is 1. The number of hydrazine groups is 1. The molecular formula is C8H11ClN2. The molecular weight excluding hydrogens is 160 g/mol. The third-order valence-corrected chi connectivity index (χ3v) is 1.91. The van der Waals surface area contributed by atoms with E-state index in [9.17, 15) is 0 Å². The summed E-state index contributed by atoms with van der Waals surface area (Å²) in [6, 6.07) is 5.89. The van der Waals surface area contributed by atoms with E-state index in [0.717, 1.165) is 16.8 Å². The van der Waals surface area contributed by atoms with Crippen molar-refractivity contribution in [1.29, 1.82) is 0 Å². The fourth-order valence-corrected chi connectivity index (χ4v) is 1.14. The van der Waals surface area contributed by atoms with Crippen LogP contribution in [0, 0.1) is 6.92 Å². The van der Waals surface area contributed by atoms with E-state index in [0.29, 0.717) is 5.88 Å². The maximum absolute atomic E-state index is 5.64. The number of nitrogens with one attached hydrogen (secondary N) is 1. The van der Waals surface area contributed by atoms with Gasteiger partial charge in [-0.3, -0.25) is 5.84 Å². The van der Waals surface area contributed by atoms with Crippen molar-refractivity contribution < 1.29 is 0 Å². The Balaban J connectivity index is 2.99. The van der Waals surface area contributed by atoms with Gasteiger partial charge in [0, 0.05) is 5.88 Å². The summed E-state index contributed by atoms with van der Waals surface area (Å²) < 4.78 is 0. The molecule has 1 aromatic carbocycles. The molecule has 0 spiro atoms. The van der Waals surface area contributed by atoms with E-state index >= 15 is 0 Å². The van der Waals surface area contributed by atoms with Gasteiger partial charge in [-0.1, -0.05) is 12.1 Å². The van der Waals surface area contributed by atoms with Crippen LogP contribution in [0.4, 0.5) is 5.69 Å². The normalized spacial score (nSPS) is 9.73. The minimum atomic E-state index is 0.547. The molecule has 0 aliphatic rings. The number of halogens is 1. The lowest BCUT2D eigenvalue weighted by atomic mass is 10.1. The minimum absolute atomic E-state index is 0.547. The van der Waals surface area contributed by atoms with Gasteiger partial charge in [0.1, 0.15) is 0 Å². The number of aryl methyl sites for hydroxylation is 1. The van der Waals surface area contributed by atoms with E-state index in [2.05, 4.69) is 5.43 Å². The van der Waals surface area contributed by atoms with E-state index in [1.807, 2.05) is 25.1 Å². The molecule has 0 radical (unpaired) electrons. The highest BCUT2D eigenvalue weighted by Crippen LogP contribution is 2.15. The van der Waals surface area contributed by atoms with Gasteiger partial charge >= 0.3 is 0 Å². The van der Waals surface area contributed by atoms with Crippen LogP contribution in [0.15, 0.2) is 18.2 Å². The van der Waals surface area contributed by atoms with Gasteiger partial charge in [0.05, 0.1) is 5.69 Å². The first kappa shape index (κ1) is 8.37. The van der Waals surface area contributed by atoms with Crippen LogP contribution in [0.5, 0.6) is 0 Å². The zero-order valence-electron chi connectivity index (χ0n) is 6.39. The van der Waals surface area contributed by atoms with Crippen molar-refractivity contribution in [3.8, 4) is 0 Å². The molecule has 0 saturated heterocycles. The summed E-state index contributed by atoms with van der Waals surface area (Å²) >= 11 is 5.64. The molecule has 0 bridgehead atoms. The van der Waals surface area contributed by atoms with Gasteiger partial charge in [-0.25, -0.2) is 0 Å². The average molecular weight is 171 g/mol. The standard InChI is InChI=1S/C8H11ClN2/c1-6-4-7(5-9)2-3-8(6)11-10/h2-4,11H,5,10H2,1H3. The van der Waals surface area contributed by atoms with Gasteiger partial charge in [0.2, 0.25) is 0 Å². The van der Waals surface area contributed by atoms with E-state index in [-0.39, 0.29) is 0 Å². The van der Waals surface area contributed by atoms with Crippen LogP contribution < -0.4 is 11.3 Å². The Hall–Kier alpha value is -0.730. The molecule has 0 heterocycles. The molecule has 3 heteroatoms. The first-order valence-corrected chi connectivity index (χ1v) is 3.93. The zero-order chi connectivity index (χ0) is 8.27. The summed E-state index contributed by atoms with van der Waals surface area (Å²) in [7, 11) is 0. The van der Waals surface area contributed by atoms with Crippen LogP contribution in [-0.4, -0.2) is 0 Å². The maximum Gasteiger partial charge on any atom is 0.0514 e. The fraction of sp³-hybridized carbons (Fsp3) is 0.250. The molecule has 0 aliphatic carbocycles. The largest absolute Gasteiger partial charge is 0.324 e. The summed E-state index contributed by atoms with van der Waals surface area (Å²) in [5, 5.41) is 0. The highest BCUT2D eigenvalue weighted by Gasteiger charge is 1.96. The molecule has 0 aromatic heterocycles. The minimum Gasteiger partial charge on any atom is -0.324 e. The molecule has 0 atom stereocenters. The highest BCUT2D eigenvalue weighted by molar-refractivity contribution is 6.17. The third kappa shape index (κ3) is 1.85. The SMILES string of the molecule is Cc1cc(CCl)ccc1NN. The zero-order valence-corrected chi connectivity index (χ0v) is 7.15. The lowest BCUT2D eigenvalue weighted by molar-refractivity contribution is 1.28. The van der Waals surface area contributed by atoms with E-state index in [1.165, 1.54) is 0 Å². The van der Waals surface area contributed by atoms with Crippen LogP contribution >= 0.6 is 11.6 Å². The van der Waals surface area contributed by atoms with Crippen molar-refractivity contribution in [3.63, 3.8) is 0 Å². The van der Waals surface area contributed by atoms with Gasteiger partial charge in [0.15, 0.2) is 0 Å². The first-order valence-electron chi connectivity index (χ1n) is 3.40. The van der Waals surface area contributed by atoms with Gasteiger partial charge in [-0.05, 0) is 24.1 Å². The number of anilines is 1. The van der Waals surface area contributed by atoms with Crippen molar-refractivity contribution >= 4 is 17.3 Å². The third-order valence-electron chi connectivity index (χ3n) is 1.60. The fourth-order valence-electron chi connectivity index (χ4n) is 0.971. The van der Waals surface area contributed by atoms with E-state index in [1.54, 1.807) is 0 Å². The van der Waals surface area contributed by atoms with Gasteiger partial charge in [0.25, 0.3) is 0 Å². The Morgan fingerprint density at radius 3 is 2.73 bits per heavy atom. The Bertz CT molecular complexity index is 248. The number of rotatable bonds is 2. The number of hydrogen-bond acceptors (Lipinski definition) is 2. The van der Waals surface area contributed by atoms with Crippen molar-refractivity contribution in [2.75, 3.05) is 5.43 Å². The second kappa shape index (κ2) is 3.60. The van der Waals surface area contributed by atoms with Crippen LogP contribution in [-0.2, 0) is 5.88 Å². The van der Waals surface area contributed by atoms with Crippen LogP contribution in [0.25, 0.3) is 0 Å². The Morgan fingerprint density at radius 1 is 1.55 bits per heavy atom. The smallest absolute Gasteiger partial charge is 0.0514 e. The Kier molecular flexibility index (Phi) is 2.74. The molecule has 60 valence electrons. The second-order valence-corrected chi connectivity index (χ2v) is 2.69. The molecule has 1 rings (SSSR count). The predicted octanol–water partition coefficient (Wildman–Crippen LogP) is 2.02. The first-order chi connectivity index (χ1) is 5.27. The number of benzene rings is 1. The summed E-state index contributed by atoms with van der Waals surface area (Å²) in [6.07, 6.45) is 0.